The smallest absolute Gasteiger partial charge is 0.191 e. The number of nitrogens with zero attached hydrogens (tertiary/aromatic N) is 3. The molecule has 3 rings (SSSR count). The van der Waals surface area contributed by atoms with E-state index in [0.29, 0.717) is 12.5 Å². The molecule has 24 heavy (non-hydrogen) atoms. The van der Waals surface area contributed by atoms with Gasteiger partial charge in [0, 0.05) is 43.5 Å². The van der Waals surface area contributed by atoms with Gasteiger partial charge in [-0.25, -0.2) is 0 Å². The third-order valence-electron chi connectivity index (χ3n) is 4.53. The van der Waals surface area contributed by atoms with E-state index in [9.17, 15) is 0 Å². The highest BCUT2D eigenvalue weighted by atomic mass is 127. The van der Waals surface area contributed by atoms with Crippen LogP contribution in [0.2, 0.25) is 5.02 Å². The average molecular weight is 465 g/mol. The Hall–Kier alpha value is -0.730. The zero-order chi connectivity index (χ0) is 16.1. The largest absolute Gasteiger partial charge is 0.376 e. The van der Waals surface area contributed by atoms with Gasteiger partial charge in [0.15, 0.2) is 5.96 Å². The molecule has 5 nitrogen and oxygen atoms in total. The van der Waals surface area contributed by atoms with Gasteiger partial charge in [-0.1, -0.05) is 11.6 Å². The van der Waals surface area contributed by atoms with E-state index in [1.165, 1.54) is 18.5 Å². The number of nitrogens with two attached hydrogens (primary N) is 1. The molecule has 2 aliphatic heterocycles. The molecule has 134 valence electrons. The Labute approximate surface area is 166 Å². The maximum absolute atomic E-state index is 6.15. The Balaban J connectivity index is 0.00000208. The van der Waals surface area contributed by atoms with Crippen LogP contribution in [0.4, 0.5) is 5.69 Å². The van der Waals surface area contributed by atoms with Gasteiger partial charge in [0.25, 0.3) is 0 Å². The second-order valence-electron chi connectivity index (χ2n) is 6.14. The topological polar surface area (TPSA) is 54.1 Å². The summed E-state index contributed by atoms with van der Waals surface area (Å²) >= 11 is 5.94. The minimum atomic E-state index is 0. The first kappa shape index (κ1) is 19.6. The number of rotatable bonds is 3. The molecule has 0 spiro atoms. The zero-order valence-electron chi connectivity index (χ0n) is 13.9. The molecule has 7 heteroatoms. The molecule has 2 fully saturated rings. The van der Waals surface area contributed by atoms with E-state index in [0.717, 1.165) is 44.2 Å². The van der Waals surface area contributed by atoms with Crippen molar-refractivity contribution < 1.29 is 4.74 Å². The van der Waals surface area contributed by atoms with Crippen LogP contribution >= 0.6 is 35.6 Å². The third kappa shape index (κ3) is 5.39. The van der Waals surface area contributed by atoms with Crippen LogP contribution in [0.25, 0.3) is 0 Å². The molecule has 0 bridgehead atoms. The van der Waals surface area contributed by atoms with Gasteiger partial charge in [0.05, 0.1) is 12.6 Å². The number of hydrogen-bond donors (Lipinski definition) is 1. The molecule has 2 saturated heterocycles. The van der Waals surface area contributed by atoms with Crippen LogP contribution < -0.4 is 10.6 Å². The quantitative estimate of drug-likeness (QED) is 0.424. The van der Waals surface area contributed by atoms with Crippen LogP contribution in [0.15, 0.2) is 29.3 Å². The number of halogens is 2. The monoisotopic (exact) mass is 464 g/mol. The Bertz CT molecular complexity index is 526. The first-order valence-electron chi connectivity index (χ1n) is 8.39. The van der Waals surface area contributed by atoms with Crippen molar-refractivity contribution in [1.82, 2.24) is 4.90 Å². The van der Waals surface area contributed by atoms with E-state index in [1.54, 1.807) is 0 Å². The molecule has 2 heterocycles. The molecule has 2 aliphatic rings. The molecule has 1 aromatic rings. The predicted octanol–water partition coefficient (Wildman–Crippen LogP) is 2.96. The highest BCUT2D eigenvalue weighted by Gasteiger charge is 2.19. The first-order chi connectivity index (χ1) is 11.2. The standard InChI is InChI=1S/C17H25ClN4O.HI/c18-14-4-6-15(7-5-14)21-8-10-22(11-9-21)17(19)20-13-16-3-1-2-12-23-16;/h4-7,16H,1-3,8-13H2,(H2,19,20);1H. The van der Waals surface area contributed by atoms with Crippen LogP contribution in [0, 0.1) is 0 Å². The van der Waals surface area contributed by atoms with E-state index in [2.05, 4.69) is 26.9 Å². The van der Waals surface area contributed by atoms with Crippen molar-refractivity contribution >= 4 is 47.2 Å². The second kappa shape index (κ2) is 9.68. The van der Waals surface area contributed by atoms with Gasteiger partial charge >= 0.3 is 0 Å². The Morgan fingerprint density at radius 3 is 2.50 bits per heavy atom. The lowest BCUT2D eigenvalue weighted by Crippen LogP contribution is -2.51. The van der Waals surface area contributed by atoms with Crippen molar-refractivity contribution in [3.63, 3.8) is 0 Å². The fraction of sp³-hybridized carbons (Fsp3) is 0.588. The van der Waals surface area contributed by atoms with E-state index in [1.807, 2.05) is 12.1 Å². The minimum absolute atomic E-state index is 0. The van der Waals surface area contributed by atoms with Gasteiger partial charge < -0.3 is 20.3 Å². The molecule has 0 amide bonds. The van der Waals surface area contributed by atoms with E-state index in [4.69, 9.17) is 22.1 Å². The van der Waals surface area contributed by atoms with E-state index in [-0.39, 0.29) is 30.1 Å². The molecule has 0 radical (unpaired) electrons. The minimum Gasteiger partial charge on any atom is -0.376 e. The molecule has 1 unspecified atom stereocenters. The summed E-state index contributed by atoms with van der Waals surface area (Å²) in [5.74, 6) is 0.648. The number of anilines is 1. The second-order valence-corrected chi connectivity index (χ2v) is 6.57. The summed E-state index contributed by atoms with van der Waals surface area (Å²) in [4.78, 5) is 9.05. The number of guanidine groups is 1. The van der Waals surface area contributed by atoms with Crippen molar-refractivity contribution in [3.8, 4) is 0 Å². The highest BCUT2D eigenvalue weighted by molar-refractivity contribution is 14.0. The predicted molar refractivity (Wildman–Crippen MR) is 111 cm³/mol. The number of piperazine rings is 1. The number of benzene rings is 1. The zero-order valence-corrected chi connectivity index (χ0v) is 17.0. The molecule has 0 saturated carbocycles. The van der Waals surface area contributed by atoms with Gasteiger partial charge in [-0.15, -0.1) is 24.0 Å². The third-order valence-corrected chi connectivity index (χ3v) is 4.78. The summed E-state index contributed by atoms with van der Waals surface area (Å²) in [5, 5.41) is 0.772. The number of hydrogen-bond acceptors (Lipinski definition) is 3. The van der Waals surface area contributed by atoms with Crippen LogP contribution in [-0.4, -0.2) is 56.3 Å². The maximum Gasteiger partial charge on any atom is 0.191 e. The van der Waals surface area contributed by atoms with Crippen molar-refractivity contribution in [2.45, 2.75) is 25.4 Å². The van der Waals surface area contributed by atoms with Crippen LogP contribution in [0.3, 0.4) is 0 Å². The SMILES string of the molecule is I.NC(=NCC1CCCCO1)N1CCN(c2ccc(Cl)cc2)CC1. The molecule has 1 aromatic carbocycles. The van der Waals surface area contributed by atoms with Gasteiger partial charge in [-0.2, -0.15) is 0 Å². The average Bonchev–Trinajstić information content (AvgIpc) is 2.61. The Morgan fingerprint density at radius 2 is 1.88 bits per heavy atom. The lowest BCUT2D eigenvalue weighted by Gasteiger charge is -2.36. The van der Waals surface area contributed by atoms with Crippen molar-refractivity contribution in [2.75, 3.05) is 44.2 Å². The molecule has 0 aliphatic carbocycles. The summed E-state index contributed by atoms with van der Waals surface area (Å²) in [5.41, 5.74) is 7.36. The Morgan fingerprint density at radius 1 is 1.17 bits per heavy atom. The summed E-state index contributed by atoms with van der Waals surface area (Å²) < 4.78 is 5.70. The summed E-state index contributed by atoms with van der Waals surface area (Å²) in [7, 11) is 0. The van der Waals surface area contributed by atoms with Crippen molar-refractivity contribution in [3.05, 3.63) is 29.3 Å². The molecule has 1 atom stereocenters. The molecule has 0 aromatic heterocycles. The van der Waals surface area contributed by atoms with Crippen molar-refractivity contribution in [1.29, 1.82) is 0 Å². The van der Waals surface area contributed by atoms with Crippen LogP contribution in [0.5, 0.6) is 0 Å². The molecular formula is C17H26ClIN4O. The Kier molecular flexibility index (Phi) is 7.90. The lowest BCUT2D eigenvalue weighted by molar-refractivity contribution is 0.0223. The highest BCUT2D eigenvalue weighted by Crippen LogP contribution is 2.19. The molecular weight excluding hydrogens is 439 g/mol. The molecule has 2 N–H and O–H groups in total. The van der Waals surface area contributed by atoms with Gasteiger partial charge in [-0.3, -0.25) is 4.99 Å². The van der Waals surface area contributed by atoms with Crippen LogP contribution in [-0.2, 0) is 4.74 Å². The normalized spacial score (nSPS) is 22.2. The number of aliphatic imine (C=N–C) groups is 1. The lowest BCUT2D eigenvalue weighted by atomic mass is 10.1. The van der Waals surface area contributed by atoms with Crippen molar-refractivity contribution in [2.24, 2.45) is 10.7 Å². The van der Waals surface area contributed by atoms with E-state index < -0.39 is 0 Å². The maximum atomic E-state index is 6.15. The summed E-state index contributed by atoms with van der Waals surface area (Å²) in [6, 6.07) is 8.00. The van der Waals surface area contributed by atoms with E-state index >= 15 is 0 Å². The fourth-order valence-electron chi connectivity index (χ4n) is 3.09. The fourth-order valence-corrected chi connectivity index (χ4v) is 3.22. The van der Waals surface area contributed by atoms with Gasteiger partial charge in [0.2, 0.25) is 0 Å². The van der Waals surface area contributed by atoms with Crippen LogP contribution in [0.1, 0.15) is 19.3 Å². The number of ether oxygens (including phenoxy) is 1. The van der Waals surface area contributed by atoms with Gasteiger partial charge in [-0.05, 0) is 43.5 Å². The first-order valence-corrected chi connectivity index (χ1v) is 8.77. The van der Waals surface area contributed by atoms with Gasteiger partial charge in [0.1, 0.15) is 0 Å². The summed E-state index contributed by atoms with van der Waals surface area (Å²) in [6.07, 6.45) is 3.75. The summed E-state index contributed by atoms with van der Waals surface area (Å²) in [6.45, 7) is 5.21.